The van der Waals surface area contributed by atoms with E-state index in [4.69, 9.17) is 0 Å². The third kappa shape index (κ3) is 4.38. The number of aromatic nitrogens is 4. The average Bonchev–Trinajstić information content (AvgIpc) is 3.22. The molecule has 1 unspecified atom stereocenters. The number of benzene rings is 1. The first-order valence-corrected chi connectivity index (χ1v) is 8.34. The Morgan fingerprint density at radius 1 is 1.25 bits per heavy atom. The Kier molecular flexibility index (Phi) is 5.21. The molecule has 0 aliphatic carbocycles. The molecule has 0 spiro atoms. The number of hydrogen-bond donors (Lipinski definition) is 1. The van der Waals surface area contributed by atoms with E-state index in [0.717, 1.165) is 16.3 Å². The lowest BCUT2D eigenvalue weighted by Gasteiger charge is -2.13. The fourth-order valence-electron chi connectivity index (χ4n) is 2.67. The van der Waals surface area contributed by atoms with Gasteiger partial charge in [0.15, 0.2) is 5.69 Å². The van der Waals surface area contributed by atoms with E-state index in [1.807, 2.05) is 0 Å². The lowest BCUT2D eigenvalue weighted by Crippen LogP contribution is -2.25. The first-order chi connectivity index (χ1) is 13.1. The highest BCUT2D eigenvalue weighted by Gasteiger charge is 2.35. The maximum absolute atomic E-state index is 12.9. The number of carbonyl (C=O) groups excluding carboxylic acids is 1. The zero-order valence-corrected chi connectivity index (χ0v) is 15.0. The zero-order valence-electron chi connectivity index (χ0n) is 15.0. The fraction of sp³-hybridized carbons (Fsp3) is 0.278. The topological polar surface area (TPSA) is 64.7 Å². The van der Waals surface area contributed by atoms with Crippen LogP contribution in [0.2, 0.25) is 0 Å². The van der Waals surface area contributed by atoms with Crippen molar-refractivity contribution < 1.29 is 22.4 Å². The molecule has 1 N–H and O–H groups in total. The minimum absolute atomic E-state index is 0.224. The summed E-state index contributed by atoms with van der Waals surface area (Å²) in [6, 6.07) is 5.86. The van der Waals surface area contributed by atoms with E-state index >= 15 is 0 Å². The summed E-state index contributed by atoms with van der Waals surface area (Å²) in [7, 11) is 0. The van der Waals surface area contributed by atoms with Crippen LogP contribution in [0.1, 0.15) is 29.9 Å². The van der Waals surface area contributed by atoms with E-state index in [1.54, 1.807) is 23.0 Å². The quantitative estimate of drug-likeness (QED) is 0.669. The summed E-state index contributed by atoms with van der Waals surface area (Å²) in [6.45, 7) is 3.28. The number of halogens is 4. The molecule has 0 saturated heterocycles. The molecule has 0 aliphatic rings. The molecule has 10 heteroatoms. The van der Waals surface area contributed by atoms with Crippen LogP contribution in [0.25, 0.3) is 0 Å². The van der Waals surface area contributed by atoms with E-state index in [2.05, 4.69) is 15.5 Å². The molecule has 2 heterocycles. The first-order valence-electron chi connectivity index (χ1n) is 8.34. The van der Waals surface area contributed by atoms with Gasteiger partial charge < -0.3 is 5.32 Å². The molecule has 0 saturated carbocycles. The third-order valence-corrected chi connectivity index (χ3v) is 4.12. The van der Waals surface area contributed by atoms with Crippen LogP contribution < -0.4 is 5.32 Å². The Bertz CT molecular complexity index is 975. The van der Waals surface area contributed by atoms with Crippen molar-refractivity contribution in [1.82, 2.24) is 19.6 Å². The smallest absolute Gasteiger partial charge is 0.322 e. The number of anilines is 1. The van der Waals surface area contributed by atoms with Crippen LogP contribution in [0, 0.1) is 12.7 Å². The SMILES string of the molecule is Cc1cc(C(F)(F)F)nn1C(C)C(=O)Nc1cnn(Cc2ccc(F)cc2)c1. The van der Waals surface area contributed by atoms with Crippen molar-refractivity contribution in [3.63, 3.8) is 0 Å². The van der Waals surface area contributed by atoms with Crippen LogP contribution in [-0.2, 0) is 17.5 Å². The van der Waals surface area contributed by atoms with Gasteiger partial charge in [-0.25, -0.2) is 4.39 Å². The molecule has 0 fully saturated rings. The molecular formula is C18H17F4N5O. The number of hydrogen-bond acceptors (Lipinski definition) is 3. The van der Waals surface area contributed by atoms with Gasteiger partial charge in [-0.15, -0.1) is 0 Å². The zero-order chi connectivity index (χ0) is 20.5. The predicted octanol–water partition coefficient (Wildman–Crippen LogP) is 3.79. The second kappa shape index (κ2) is 7.45. The fourth-order valence-corrected chi connectivity index (χ4v) is 2.67. The van der Waals surface area contributed by atoms with Gasteiger partial charge in [-0.2, -0.15) is 23.4 Å². The molecule has 2 aromatic heterocycles. The number of aryl methyl sites for hydroxylation is 1. The molecular weight excluding hydrogens is 378 g/mol. The minimum Gasteiger partial charge on any atom is -0.322 e. The summed E-state index contributed by atoms with van der Waals surface area (Å²) in [4.78, 5) is 12.4. The molecule has 6 nitrogen and oxygen atoms in total. The van der Waals surface area contributed by atoms with Crippen molar-refractivity contribution in [1.29, 1.82) is 0 Å². The summed E-state index contributed by atoms with van der Waals surface area (Å²) >= 11 is 0. The second-order valence-electron chi connectivity index (χ2n) is 6.33. The van der Waals surface area contributed by atoms with Crippen molar-refractivity contribution in [2.75, 3.05) is 5.32 Å². The van der Waals surface area contributed by atoms with Crippen LogP contribution in [0.3, 0.4) is 0 Å². The van der Waals surface area contributed by atoms with Gasteiger partial charge in [0.2, 0.25) is 5.91 Å². The van der Waals surface area contributed by atoms with Crippen molar-refractivity contribution in [3.8, 4) is 0 Å². The Morgan fingerprint density at radius 3 is 2.54 bits per heavy atom. The maximum atomic E-state index is 12.9. The Morgan fingerprint density at radius 2 is 1.93 bits per heavy atom. The highest BCUT2D eigenvalue weighted by atomic mass is 19.4. The van der Waals surface area contributed by atoms with Crippen LogP contribution in [0.4, 0.5) is 23.2 Å². The van der Waals surface area contributed by atoms with Gasteiger partial charge in [0.25, 0.3) is 0 Å². The molecule has 1 atom stereocenters. The highest BCUT2D eigenvalue weighted by molar-refractivity contribution is 5.93. The lowest BCUT2D eigenvalue weighted by molar-refractivity contribution is -0.141. The number of nitrogens with zero attached hydrogens (tertiary/aromatic N) is 4. The molecule has 1 aromatic carbocycles. The van der Waals surface area contributed by atoms with Crippen molar-refractivity contribution in [2.24, 2.45) is 0 Å². The van der Waals surface area contributed by atoms with Gasteiger partial charge in [0, 0.05) is 11.9 Å². The predicted molar refractivity (Wildman–Crippen MR) is 93.0 cm³/mol. The summed E-state index contributed by atoms with van der Waals surface area (Å²) in [6.07, 6.45) is -1.58. The Hall–Kier alpha value is -3.17. The van der Waals surface area contributed by atoms with Gasteiger partial charge >= 0.3 is 6.18 Å². The summed E-state index contributed by atoms with van der Waals surface area (Å²) in [5.41, 5.74) is 0.390. The van der Waals surface area contributed by atoms with Gasteiger partial charge in [-0.05, 0) is 37.6 Å². The van der Waals surface area contributed by atoms with Crippen LogP contribution in [0.15, 0.2) is 42.7 Å². The van der Waals surface area contributed by atoms with E-state index in [9.17, 15) is 22.4 Å². The lowest BCUT2D eigenvalue weighted by atomic mass is 10.2. The maximum Gasteiger partial charge on any atom is 0.435 e. The summed E-state index contributed by atoms with van der Waals surface area (Å²) < 4.78 is 53.9. The van der Waals surface area contributed by atoms with Gasteiger partial charge in [-0.1, -0.05) is 12.1 Å². The highest BCUT2D eigenvalue weighted by Crippen LogP contribution is 2.29. The molecule has 0 aliphatic heterocycles. The number of rotatable bonds is 5. The molecule has 0 bridgehead atoms. The Labute approximate surface area is 157 Å². The van der Waals surface area contributed by atoms with Crippen molar-refractivity contribution >= 4 is 11.6 Å². The normalized spacial score (nSPS) is 12.8. The molecule has 1 amide bonds. The first kappa shape index (κ1) is 19.6. The Balaban J connectivity index is 1.67. The summed E-state index contributed by atoms with van der Waals surface area (Å²) in [5, 5.41) is 10.2. The van der Waals surface area contributed by atoms with Crippen LogP contribution in [0.5, 0.6) is 0 Å². The van der Waals surface area contributed by atoms with Gasteiger partial charge in [-0.3, -0.25) is 14.2 Å². The largest absolute Gasteiger partial charge is 0.435 e. The second-order valence-corrected chi connectivity index (χ2v) is 6.33. The van der Waals surface area contributed by atoms with Crippen LogP contribution >= 0.6 is 0 Å². The number of nitrogens with one attached hydrogen (secondary N) is 1. The molecule has 0 radical (unpaired) electrons. The monoisotopic (exact) mass is 395 g/mol. The van der Waals surface area contributed by atoms with Crippen LogP contribution in [-0.4, -0.2) is 25.5 Å². The molecule has 148 valence electrons. The molecule has 3 rings (SSSR count). The number of alkyl halides is 3. The van der Waals surface area contributed by atoms with Gasteiger partial charge in [0.1, 0.15) is 11.9 Å². The third-order valence-electron chi connectivity index (χ3n) is 4.12. The van der Waals surface area contributed by atoms with Crippen molar-refractivity contribution in [3.05, 3.63) is 65.5 Å². The average molecular weight is 395 g/mol. The molecule has 3 aromatic rings. The minimum atomic E-state index is -4.58. The van der Waals surface area contributed by atoms with E-state index in [-0.39, 0.29) is 11.5 Å². The standard InChI is InChI=1S/C18H17F4N5O/c1-11-7-16(18(20,21)22)25-27(11)12(2)17(28)24-15-8-23-26(10-15)9-13-3-5-14(19)6-4-13/h3-8,10,12H,9H2,1-2H3,(H,24,28). The van der Waals surface area contributed by atoms with E-state index < -0.39 is 23.8 Å². The number of carbonyl (C=O) groups is 1. The van der Waals surface area contributed by atoms with E-state index in [1.165, 1.54) is 32.2 Å². The van der Waals surface area contributed by atoms with Gasteiger partial charge in [0.05, 0.1) is 18.4 Å². The van der Waals surface area contributed by atoms with E-state index in [0.29, 0.717) is 12.2 Å². The summed E-state index contributed by atoms with van der Waals surface area (Å²) in [5.74, 6) is -0.866. The number of amides is 1. The molecule has 28 heavy (non-hydrogen) atoms. The van der Waals surface area contributed by atoms with Crippen molar-refractivity contribution in [2.45, 2.75) is 32.6 Å².